The standard InChI is InChI=1S/C14H10BrCl2N3/c15-7-4-9(8-2-1-3-11(16)12(8)17)13-10(5-7)14(18)20-6-19-13/h3-6H,1-2H2,(H2,18,19,20). The Bertz CT molecular complexity index is 768. The first kappa shape index (κ1) is 13.9. The summed E-state index contributed by atoms with van der Waals surface area (Å²) in [7, 11) is 0. The zero-order chi connectivity index (χ0) is 14.3. The van der Waals surface area contributed by atoms with E-state index in [4.69, 9.17) is 28.9 Å². The van der Waals surface area contributed by atoms with Gasteiger partial charge in [0.25, 0.3) is 0 Å². The smallest absolute Gasteiger partial charge is 0.134 e. The molecule has 1 aromatic carbocycles. The molecule has 0 amide bonds. The molecule has 0 aliphatic heterocycles. The van der Waals surface area contributed by atoms with Crippen molar-refractivity contribution in [3.05, 3.63) is 44.6 Å². The van der Waals surface area contributed by atoms with Gasteiger partial charge in [-0.2, -0.15) is 0 Å². The van der Waals surface area contributed by atoms with E-state index in [1.807, 2.05) is 18.2 Å². The van der Waals surface area contributed by atoms with Gasteiger partial charge in [-0.3, -0.25) is 0 Å². The Hall–Kier alpha value is -1.10. The van der Waals surface area contributed by atoms with Gasteiger partial charge in [0, 0.05) is 15.4 Å². The maximum Gasteiger partial charge on any atom is 0.134 e. The van der Waals surface area contributed by atoms with Crippen LogP contribution < -0.4 is 5.73 Å². The van der Waals surface area contributed by atoms with Gasteiger partial charge >= 0.3 is 0 Å². The number of benzene rings is 1. The van der Waals surface area contributed by atoms with Gasteiger partial charge in [-0.15, -0.1) is 0 Å². The number of nitrogens with two attached hydrogens (primary N) is 1. The highest BCUT2D eigenvalue weighted by Gasteiger charge is 2.18. The predicted octanol–water partition coefficient (Wildman–Crippen LogP) is 4.84. The number of hydrogen-bond donors (Lipinski definition) is 1. The Morgan fingerprint density at radius 1 is 1.20 bits per heavy atom. The Kier molecular flexibility index (Phi) is 3.71. The van der Waals surface area contributed by atoms with Crippen LogP contribution in [0.3, 0.4) is 0 Å². The van der Waals surface area contributed by atoms with Crippen molar-refractivity contribution >= 4 is 61.4 Å². The monoisotopic (exact) mass is 369 g/mol. The number of rotatable bonds is 1. The van der Waals surface area contributed by atoms with Gasteiger partial charge in [0.2, 0.25) is 0 Å². The maximum absolute atomic E-state index is 6.35. The third-order valence-corrected chi connectivity index (χ3v) is 4.58. The van der Waals surface area contributed by atoms with Gasteiger partial charge in [0.1, 0.15) is 12.1 Å². The lowest BCUT2D eigenvalue weighted by atomic mass is 9.95. The number of fused-ring (bicyclic) bond motifs is 1. The van der Waals surface area contributed by atoms with Gasteiger partial charge in [0.15, 0.2) is 0 Å². The zero-order valence-corrected chi connectivity index (χ0v) is 13.4. The van der Waals surface area contributed by atoms with Crippen LogP contribution in [0.25, 0.3) is 16.5 Å². The molecule has 6 heteroatoms. The van der Waals surface area contributed by atoms with Crippen molar-refractivity contribution in [1.82, 2.24) is 9.97 Å². The molecule has 0 saturated heterocycles. The van der Waals surface area contributed by atoms with Crippen molar-refractivity contribution in [2.45, 2.75) is 12.8 Å². The number of aromatic nitrogens is 2. The summed E-state index contributed by atoms with van der Waals surface area (Å²) in [6.45, 7) is 0. The fraction of sp³-hybridized carbons (Fsp3) is 0.143. The Labute approximate surface area is 134 Å². The van der Waals surface area contributed by atoms with Crippen molar-refractivity contribution in [3.63, 3.8) is 0 Å². The second-order valence-corrected chi connectivity index (χ2v) is 6.19. The summed E-state index contributed by atoms with van der Waals surface area (Å²) < 4.78 is 0.907. The van der Waals surface area contributed by atoms with E-state index < -0.39 is 0 Å². The lowest BCUT2D eigenvalue weighted by Crippen LogP contribution is -1.99. The lowest BCUT2D eigenvalue weighted by molar-refractivity contribution is 1.04. The van der Waals surface area contributed by atoms with Crippen LogP contribution >= 0.6 is 39.1 Å². The molecule has 0 unspecified atom stereocenters. The molecular weight excluding hydrogens is 361 g/mol. The average molecular weight is 371 g/mol. The molecule has 0 radical (unpaired) electrons. The minimum absolute atomic E-state index is 0.451. The Morgan fingerprint density at radius 2 is 2.00 bits per heavy atom. The van der Waals surface area contributed by atoms with Crippen LogP contribution in [0, 0.1) is 0 Å². The minimum atomic E-state index is 0.451. The quantitative estimate of drug-likeness (QED) is 0.781. The highest BCUT2D eigenvalue weighted by Crippen LogP contribution is 2.40. The zero-order valence-electron chi connectivity index (χ0n) is 10.3. The molecule has 20 heavy (non-hydrogen) atoms. The molecule has 1 aliphatic rings. The molecule has 0 saturated carbocycles. The van der Waals surface area contributed by atoms with Crippen molar-refractivity contribution in [2.24, 2.45) is 0 Å². The largest absolute Gasteiger partial charge is 0.383 e. The van der Waals surface area contributed by atoms with Crippen LogP contribution in [0.5, 0.6) is 0 Å². The summed E-state index contributed by atoms with van der Waals surface area (Å²) in [4.78, 5) is 8.38. The van der Waals surface area contributed by atoms with E-state index >= 15 is 0 Å². The summed E-state index contributed by atoms with van der Waals surface area (Å²) in [5, 5.41) is 1.97. The van der Waals surface area contributed by atoms with Gasteiger partial charge in [-0.1, -0.05) is 45.2 Å². The number of allylic oxidation sites excluding steroid dienone is 4. The molecule has 0 spiro atoms. The summed E-state index contributed by atoms with van der Waals surface area (Å²) in [6.07, 6.45) is 5.07. The summed E-state index contributed by atoms with van der Waals surface area (Å²) in [6, 6.07) is 3.89. The molecule has 3 nitrogen and oxygen atoms in total. The van der Waals surface area contributed by atoms with Crippen molar-refractivity contribution < 1.29 is 0 Å². The van der Waals surface area contributed by atoms with Crippen LogP contribution in [-0.4, -0.2) is 9.97 Å². The van der Waals surface area contributed by atoms with Crippen LogP contribution in [0.4, 0.5) is 5.82 Å². The Balaban J connectivity index is 2.35. The van der Waals surface area contributed by atoms with E-state index in [1.165, 1.54) is 6.33 Å². The van der Waals surface area contributed by atoms with Crippen molar-refractivity contribution in [2.75, 3.05) is 5.73 Å². The molecule has 3 rings (SSSR count). The van der Waals surface area contributed by atoms with Gasteiger partial charge in [-0.05, 0) is 30.5 Å². The molecule has 102 valence electrons. The molecule has 1 aromatic heterocycles. The van der Waals surface area contributed by atoms with Crippen LogP contribution in [-0.2, 0) is 0 Å². The fourth-order valence-corrected chi connectivity index (χ4v) is 3.28. The highest BCUT2D eigenvalue weighted by atomic mass is 79.9. The molecule has 1 heterocycles. The van der Waals surface area contributed by atoms with E-state index in [9.17, 15) is 0 Å². The average Bonchev–Trinajstić information content (AvgIpc) is 2.42. The number of nitrogen functional groups attached to an aromatic ring is 1. The second kappa shape index (κ2) is 5.35. The fourth-order valence-electron chi connectivity index (χ4n) is 2.32. The van der Waals surface area contributed by atoms with E-state index in [1.54, 1.807) is 0 Å². The highest BCUT2D eigenvalue weighted by molar-refractivity contribution is 9.10. The van der Waals surface area contributed by atoms with E-state index in [2.05, 4.69) is 25.9 Å². The van der Waals surface area contributed by atoms with E-state index in [0.29, 0.717) is 15.9 Å². The minimum Gasteiger partial charge on any atom is -0.383 e. The first-order chi connectivity index (χ1) is 9.58. The van der Waals surface area contributed by atoms with Crippen LogP contribution in [0.15, 0.2) is 39.1 Å². The second-order valence-electron chi connectivity index (χ2n) is 4.49. The van der Waals surface area contributed by atoms with Crippen molar-refractivity contribution in [3.8, 4) is 0 Å². The van der Waals surface area contributed by atoms with E-state index in [0.717, 1.165) is 39.4 Å². The lowest BCUT2D eigenvalue weighted by Gasteiger charge is -2.16. The first-order valence-corrected chi connectivity index (χ1v) is 7.57. The summed E-state index contributed by atoms with van der Waals surface area (Å²) in [5.41, 5.74) is 8.65. The molecule has 0 atom stereocenters. The molecule has 2 aromatic rings. The summed E-state index contributed by atoms with van der Waals surface area (Å²) >= 11 is 16.0. The van der Waals surface area contributed by atoms with Gasteiger partial charge < -0.3 is 5.73 Å². The SMILES string of the molecule is Nc1ncnc2c(C3=C(Cl)C(Cl)=CCC3)cc(Br)cc12. The normalized spacial score (nSPS) is 15.7. The number of hydrogen-bond acceptors (Lipinski definition) is 3. The van der Waals surface area contributed by atoms with E-state index in [-0.39, 0.29) is 0 Å². The Morgan fingerprint density at radius 3 is 2.80 bits per heavy atom. The molecule has 1 aliphatic carbocycles. The molecule has 0 bridgehead atoms. The first-order valence-electron chi connectivity index (χ1n) is 6.02. The third-order valence-electron chi connectivity index (χ3n) is 3.25. The van der Waals surface area contributed by atoms with Crippen LogP contribution in [0.1, 0.15) is 18.4 Å². The van der Waals surface area contributed by atoms with Crippen LogP contribution in [0.2, 0.25) is 0 Å². The number of anilines is 1. The maximum atomic E-state index is 6.35. The number of halogens is 3. The topological polar surface area (TPSA) is 51.8 Å². The predicted molar refractivity (Wildman–Crippen MR) is 87.6 cm³/mol. The summed E-state index contributed by atoms with van der Waals surface area (Å²) in [5.74, 6) is 0.451. The molecule has 2 N–H and O–H groups in total. The van der Waals surface area contributed by atoms with Gasteiger partial charge in [-0.25, -0.2) is 9.97 Å². The molecule has 0 fully saturated rings. The number of nitrogens with zero attached hydrogens (tertiary/aromatic N) is 2. The van der Waals surface area contributed by atoms with Gasteiger partial charge in [0.05, 0.1) is 15.6 Å². The molecular formula is C14H10BrCl2N3. The van der Waals surface area contributed by atoms with Crippen molar-refractivity contribution in [1.29, 1.82) is 0 Å². The third kappa shape index (κ3) is 2.32.